The predicted octanol–water partition coefficient (Wildman–Crippen LogP) is 2.38. The molecule has 1 aromatic rings. The molecule has 1 aliphatic heterocycles. The molecular weight excluding hydrogens is 340 g/mol. The van der Waals surface area contributed by atoms with Gasteiger partial charge in [-0.2, -0.15) is 0 Å². The average Bonchev–Trinajstić information content (AvgIpc) is 2.97. The molecule has 0 bridgehead atoms. The quantitative estimate of drug-likeness (QED) is 0.850. The normalized spacial score (nSPS) is 19.7. The molecule has 8 nitrogen and oxygen atoms in total. The Balaban J connectivity index is 1.96. The number of carbonyl (C=O) groups excluding carboxylic acids is 2. The van der Waals surface area contributed by atoms with Crippen molar-refractivity contribution in [3.05, 3.63) is 35.9 Å². The van der Waals surface area contributed by atoms with Crippen LogP contribution in [0.1, 0.15) is 32.8 Å². The number of nitrogens with one attached hydrogen (secondary N) is 1. The van der Waals surface area contributed by atoms with Gasteiger partial charge in [0.05, 0.1) is 6.54 Å². The van der Waals surface area contributed by atoms with Crippen LogP contribution < -0.4 is 5.32 Å². The van der Waals surface area contributed by atoms with Crippen LogP contribution in [0.3, 0.4) is 0 Å². The molecule has 2 rings (SSSR count). The highest BCUT2D eigenvalue weighted by atomic mass is 16.6. The van der Waals surface area contributed by atoms with E-state index in [-0.39, 0.29) is 26.1 Å². The second kappa shape index (κ2) is 7.63. The van der Waals surface area contributed by atoms with Gasteiger partial charge in [0.25, 0.3) is 0 Å². The zero-order chi connectivity index (χ0) is 19.4. The summed E-state index contributed by atoms with van der Waals surface area (Å²) >= 11 is 0. The number of carboxylic acid groups (broad SMARTS) is 1. The fourth-order valence-corrected chi connectivity index (χ4v) is 2.61. The third-order valence-electron chi connectivity index (χ3n) is 3.88. The molecule has 1 aromatic carbocycles. The van der Waals surface area contributed by atoms with Crippen molar-refractivity contribution in [2.45, 2.75) is 44.9 Å². The lowest BCUT2D eigenvalue weighted by Crippen LogP contribution is -2.57. The highest BCUT2D eigenvalue weighted by Gasteiger charge is 2.48. The van der Waals surface area contributed by atoms with E-state index >= 15 is 0 Å². The van der Waals surface area contributed by atoms with Gasteiger partial charge in [-0.1, -0.05) is 30.3 Å². The zero-order valence-electron chi connectivity index (χ0n) is 15.2. The van der Waals surface area contributed by atoms with E-state index in [0.717, 1.165) is 5.56 Å². The molecule has 0 saturated carbocycles. The van der Waals surface area contributed by atoms with Crippen molar-refractivity contribution in [2.24, 2.45) is 0 Å². The highest BCUT2D eigenvalue weighted by Crippen LogP contribution is 2.24. The van der Waals surface area contributed by atoms with Crippen LogP contribution in [0.2, 0.25) is 0 Å². The van der Waals surface area contributed by atoms with E-state index in [2.05, 4.69) is 5.32 Å². The first-order valence-corrected chi connectivity index (χ1v) is 8.31. The Bertz CT molecular complexity index is 670. The molecule has 2 N–H and O–H groups in total. The Kier molecular flexibility index (Phi) is 5.74. The summed E-state index contributed by atoms with van der Waals surface area (Å²) in [5, 5.41) is 12.0. The van der Waals surface area contributed by atoms with E-state index in [0.29, 0.717) is 0 Å². The standard InChI is InChI=1S/C18H24N2O6/c1-17(2,3)26-15(23)19-18(14(21)22)9-10-20(12-18)16(24)25-11-13-7-5-4-6-8-13/h4-8H,9-12H2,1-3H3,(H,19,23)(H,21,22)/t18-/m0/s1. The van der Waals surface area contributed by atoms with Crippen molar-refractivity contribution in [1.82, 2.24) is 10.2 Å². The van der Waals surface area contributed by atoms with Gasteiger partial charge in [-0.05, 0) is 26.3 Å². The van der Waals surface area contributed by atoms with Gasteiger partial charge in [0, 0.05) is 13.0 Å². The molecule has 0 aliphatic carbocycles. The van der Waals surface area contributed by atoms with Gasteiger partial charge in [0.1, 0.15) is 12.2 Å². The lowest BCUT2D eigenvalue weighted by molar-refractivity contribution is -0.144. The van der Waals surface area contributed by atoms with E-state index in [1.54, 1.807) is 20.8 Å². The number of benzene rings is 1. The summed E-state index contributed by atoms with van der Waals surface area (Å²) in [5.41, 5.74) is -1.51. The Hall–Kier alpha value is -2.77. The van der Waals surface area contributed by atoms with Crippen molar-refractivity contribution in [1.29, 1.82) is 0 Å². The zero-order valence-corrected chi connectivity index (χ0v) is 15.2. The van der Waals surface area contributed by atoms with Crippen molar-refractivity contribution in [2.75, 3.05) is 13.1 Å². The van der Waals surface area contributed by atoms with Gasteiger partial charge in [0.15, 0.2) is 5.54 Å². The number of likely N-dealkylation sites (tertiary alicyclic amines) is 1. The van der Waals surface area contributed by atoms with Gasteiger partial charge in [-0.3, -0.25) is 0 Å². The van der Waals surface area contributed by atoms with Gasteiger partial charge in [0.2, 0.25) is 0 Å². The molecule has 8 heteroatoms. The molecule has 0 unspecified atom stereocenters. The number of rotatable bonds is 4. The minimum atomic E-state index is -1.59. The Morgan fingerprint density at radius 2 is 1.88 bits per heavy atom. The number of ether oxygens (including phenoxy) is 2. The van der Waals surface area contributed by atoms with Crippen LogP contribution in [0.4, 0.5) is 9.59 Å². The Morgan fingerprint density at radius 1 is 1.23 bits per heavy atom. The fraction of sp³-hybridized carbons (Fsp3) is 0.500. The maximum Gasteiger partial charge on any atom is 0.410 e. The number of aliphatic carboxylic acids is 1. The van der Waals surface area contributed by atoms with Crippen LogP contribution in [0.15, 0.2) is 30.3 Å². The average molecular weight is 364 g/mol. The van der Waals surface area contributed by atoms with Crippen LogP contribution in [-0.4, -0.2) is 52.4 Å². The largest absolute Gasteiger partial charge is 0.479 e. The highest BCUT2D eigenvalue weighted by molar-refractivity contribution is 5.86. The van der Waals surface area contributed by atoms with E-state index in [4.69, 9.17) is 9.47 Å². The van der Waals surface area contributed by atoms with Crippen molar-refractivity contribution in [3.63, 3.8) is 0 Å². The molecule has 1 saturated heterocycles. The lowest BCUT2D eigenvalue weighted by atomic mass is 9.99. The number of carbonyl (C=O) groups is 3. The number of hydrogen-bond donors (Lipinski definition) is 2. The van der Waals surface area contributed by atoms with E-state index in [1.165, 1.54) is 4.90 Å². The maximum atomic E-state index is 12.2. The summed E-state index contributed by atoms with van der Waals surface area (Å²) < 4.78 is 10.3. The minimum absolute atomic E-state index is 0.0714. The summed E-state index contributed by atoms with van der Waals surface area (Å²) in [6, 6.07) is 9.17. The molecular formula is C18H24N2O6. The molecule has 0 aromatic heterocycles. The number of amides is 2. The van der Waals surface area contributed by atoms with Crippen molar-refractivity contribution in [3.8, 4) is 0 Å². The molecule has 1 aliphatic rings. The number of carboxylic acids is 1. The monoisotopic (exact) mass is 364 g/mol. The van der Waals surface area contributed by atoms with Gasteiger partial charge >= 0.3 is 18.2 Å². The molecule has 0 radical (unpaired) electrons. The summed E-state index contributed by atoms with van der Waals surface area (Å²) in [6.45, 7) is 5.12. The van der Waals surface area contributed by atoms with E-state index in [1.807, 2.05) is 30.3 Å². The molecule has 142 valence electrons. The second-order valence-corrected chi connectivity index (χ2v) is 7.23. The van der Waals surface area contributed by atoms with Crippen LogP contribution in [0.25, 0.3) is 0 Å². The van der Waals surface area contributed by atoms with Gasteiger partial charge in [-0.25, -0.2) is 14.4 Å². The van der Waals surface area contributed by atoms with Crippen LogP contribution >= 0.6 is 0 Å². The summed E-state index contributed by atoms with van der Waals surface area (Å²) in [6.07, 6.45) is -1.38. The van der Waals surface area contributed by atoms with Gasteiger partial charge in [-0.15, -0.1) is 0 Å². The molecule has 26 heavy (non-hydrogen) atoms. The van der Waals surface area contributed by atoms with Crippen LogP contribution in [-0.2, 0) is 20.9 Å². The smallest absolute Gasteiger partial charge is 0.410 e. The van der Waals surface area contributed by atoms with Crippen molar-refractivity contribution < 1.29 is 29.0 Å². The maximum absolute atomic E-state index is 12.2. The minimum Gasteiger partial charge on any atom is -0.479 e. The fourth-order valence-electron chi connectivity index (χ4n) is 2.61. The summed E-state index contributed by atoms with van der Waals surface area (Å²) in [4.78, 5) is 37.2. The molecule has 0 spiro atoms. The SMILES string of the molecule is CC(C)(C)OC(=O)N[C@@]1(C(=O)O)CCN(C(=O)OCc2ccccc2)C1. The first kappa shape index (κ1) is 19.6. The molecule has 2 amide bonds. The van der Waals surface area contributed by atoms with E-state index < -0.39 is 29.3 Å². The topological polar surface area (TPSA) is 105 Å². The molecule has 1 fully saturated rings. The molecule has 1 heterocycles. The van der Waals surface area contributed by atoms with Crippen LogP contribution in [0, 0.1) is 0 Å². The summed E-state index contributed by atoms with van der Waals surface area (Å²) in [7, 11) is 0. The van der Waals surface area contributed by atoms with Gasteiger partial charge < -0.3 is 24.8 Å². The third kappa shape index (κ3) is 5.11. The van der Waals surface area contributed by atoms with Crippen molar-refractivity contribution >= 4 is 18.2 Å². The van der Waals surface area contributed by atoms with E-state index in [9.17, 15) is 19.5 Å². The Labute approximate surface area is 152 Å². The third-order valence-corrected chi connectivity index (χ3v) is 3.88. The summed E-state index contributed by atoms with van der Waals surface area (Å²) in [5.74, 6) is -1.22. The predicted molar refractivity (Wildman–Crippen MR) is 92.6 cm³/mol. The molecule has 1 atom stereocenters. The number of nitrogens with zero attached hydrogens (tertiary/aromatic N) is 1. The Morgan fingerprint density at radius 3 is 2.46 bits per heavy atom. The number of alkyl carbamates (subject to hydrolysis) is 1. The first-order chi connectivity index (χ1) is 12.1. The number of hydrogen-bond acceptors (Lipinski definition) is 5. The van der Waals surface area contributed by atoms with Crippen LogP contribution in [0.5, 0.6) is 0 Å². The first-order valence-electron chi connectivity index (χ1n) is 8.31. The second-order valence-electron chi connectivity index (χ2n) is 7.23. The lowest BCUT2D eigenvalue weighted by Gasteiger charge is -2.28.